The molecule has 6 nitrogen and oxygen atoms in total. The van der Waals surface area contributed by atoms with Crippen molar-refractivity contribution >= 4 is 17.4 Å². The molecule has 0 saturated carbocycles. The standard InChI is InChI=1S/C23H25NO5/c1-3-29-18-12-10-16(11-13-18)20-19(21(25)17-8-5-4-6-9-17)22(26)23(27)24(20)14-7-15-28-2/h4-6,8-13,20,25H,3,7,14-15H2,1-2H3/b21-19+. The first-order chi connectivity index (χ1) is 14.1. The summed E-state index contributed by atoms with van der Waals surface area (Å²) in [5, 5.41) is 10.9. The SMILES string of the molecule is CCOc1ccc(C2/C(=C(\O)c3ccccc3)C(=O)C(=O)N2CCCOC)cc1. The molecule has 1 unspecified atom stereocenters. The first kappa shape index (κ1) is 20.6. The van der Waals surface area contributed by atoms with Crippen molar-refractivity contribution in [3.05, 3.63) is 71.3 Å². The number of likely N-dealkylation sites (tertiary alicyclic amines) is 1. The predicted octanol–water partition coefficient (Wildman–Crippen LogP) is 3.54. The molecule has 2 aromatic rings. The average Bonchev–Trinajstić information content (AvgIpc) is 3.00. The highest BCUT2D eigenvalue weighted by Crippen LogP contribution is 2.39. The molecule has 0 bridgehead atoms. The largest absolute Gasteiger partial charge is 0.507 e. The summed E-state index contributed by atoms with van der Waals surface area (Å²) in [7, 11) is 1.59. The lowest BCUT2D eigenvalue weighted by Crippen LogP contribution is -2.31. The number of ether oxygens (including phenoxy) is 2. The average molecular weight is 395 g/mol. The number of Topliss-reactive ketones (excluding diaryl/α,β-unsaturated/α-hetero) is 1. The number of ketones is 1. The van der Waals surface area contributed by atoms with Gasteiger partial charge in [-0.1, -0.05) is 42.5 Å². The van der Waals surface area contributed by atoms with Crippen molar-refractivity contribution in [2.24, 2.45) is 0 Å². The molecule has 0 radical (unpaired) electrons. The van der Waals surface area contributed by atoms with E-state index >= 15 is 0 Å². The second-order valence-corrected chi connectivity index (χ2v) is 6.71. The molecule has 2 aromatic carbocycles. The highest BCUT2D eigenvalue weighted by molar-refractivity contribution is 6.46. The molecule has 3 rings (SSSR count). The lowest BCUT2D eigenvalue weighted by molar-refractivity contribution is -0.140. The third kappa shape index (κ3) is 4.32. The van der Waals surface area contributed by atoms with Gasteiger partial charge in [0.1, 0.15) is 11.5 Å². The van der Waals surface area contributed by atoms with E-state index < -0.39 is 17.7 Å². The van der Waals surface area contributed by atoms with Crippen molar-refractivity contribution in [3.8, 4) is 5.75 Å². The number of benzene rings is 2. The van der Waals surface area contributed by atoms with E-state index in [0.29, 0.717) is 37.5 Å². The monoisotopic (exact) mass is 395 g/mol. The number of hydrogen-bond acceptors (Lipinski definition) is 5. The van der Waals surface area contributed by atoms with Crippen LogP contribution in [0.25, 0.3) is 5.76 Å². The lowest BCUT2D eigenvalue weighted by Gasteiger charge is -2.25. The Balaban J connectivity index is 2.07. The van der Waals surface area contributed by atoms with E-state index in [9.17, 15) is 14.7 Å². The number of carbonyl (C=O) groups excluding carboxylic acids is 2. The second kappa shape index (κ2) is 9.39. The molecule has 1 saturated heterocycles. The summed E-state index contributed by atoms with van der Waals surface area (Å²) in [4.78, 5) is 27.1. The van der Waals surface area contributed by atoms with Crippen LogP contribution in [0.4, 0.5) is 0 Å². The molecular weight excluding hydrogens is 370 g/mol. The van der Waals surface area contributed by atoms with Crippen LogP contribution in [0.3, 0.4) is 0 Å². The van der Waals surface area contributed by atoms with E-state index in [1.165, 1.54) is 4.90 Å². The number of aliphatic hydroxyl groups excluding tert-OH is 1. The van der Waals surface area contributed by atoms with Gasteiger partial charge < -0.3 is 19.5 Å². The third-order valence-electron chi connectivity index (χ3n) is 4.84. The first-order valence-electron chi connectivity index (χ1n) is 9.64. The van der Waals surface area contributed by atoms with Crippen LogP contribution < -0.4 is 4.74 Å². The summed E-state index contributed by atoms with van der Waals surface area (Å²) >= 11 is 0. The molecule has 1 amide bonds. The summed E-state index contributed by atoms with van der Waals surface area (Å²) < 4.78 is 10.6. The fraction of sp³-hybridized carbons (Fsp3) is 0.304. The van der Waals surface area contributed by atoms with Gasteiger partial charge in [0.25, 0.3) is 11.7 Å². The van der Waals surface area contributed by atoms with Crippen molar-refractivity contribution in [2.45, 2.75) is 19.4 Å². The summed E-state index contributed by atoms with van der Waals surface area (Å²) in [5.74, 6) is -0.757. The number of methoxy groups -OCH3 is 1. The number of hydrogen-bond donors (Lipinski definition) is 1. The predicted molar refractivity (Wildman–Crippen MR) is 110 cm³/mol. The Bertz CT molecular complexity index is 889. The van der Waals surface area contributed by atoms with Crippen LogP contribution >= 0.6 is 0 Å². The van der Waals surface area contributed by atoms with Gasteiger partial charge in [-0.2, -0.15) is 0 Å². The molecule has 1 atom stereocenters. The van der Waals surface area contributed by atoms with E-state index in [0.717, 1.165) is 5.56 Å². The maximum atomic E-state index is 12.9. The van der Waals surface area contributed by atoms with Crippen LogP contribution in [0.15, 0.2) is 60.2 Å². The minimum absolute atomic E-state index is 0.0998. The molecule has 29 heavy (non-hydrogen) atoms. The highest BCUT2D eigenvalue weighted by atomic mass is 16.5. The molecule has 152 valence electrons. The Morgan fingerprint density at radius 3 is 2.38 bits per heavy atom. The quantitative estimate of drug-likeness (QED) is 0.320. The highest BCUT2D eigenvalue weighted by Gasteiger charge is 2.45. The van der Waals surface area contributed by atoms with Crippen LogP contribution in [0.1, 0.15) is 30.5 Å². The summed E-state index contributed by atoms with van der Waals surface area (Å²) in [5.41, 5.74) is 1.34. The van der Waals surface area contributed by atoms with E-state index in [1.54, 1.807) is 43.5 Å². The van der Waals surface area contributed by atoms with Gasteiger partial charge >= 0.3 is 0 Å². The molecule has 0 aromatic heterocycles. The van der Waals surface area contributed by atoms with Crippen molar-refractivity contribution in [2.75, 3.05) is 26.9 Å². The maximum Gasteiger partial charge on any atom is 0.295 e. The Kier molecular flexibility index (Phi) is 6.67. The molecule has 1 N–H and O–H groups in total. The van der Waals surface area contributed by atoms with Crippen LogP contribution in [-0.2, 0) is 14.3 Å². The van der Waals surface area contributed by atoms with Gasteiger partial charge in [-0.25, -0.2) is 0 Å². The van der Waals surface area contributed by atoms with E-state index in [4.69, 9.17) is 9.47 Å². The topological polar surface area (TPSA) is 76.1 Å². The van der Waals surface area contributed by atoms with Crippen molar-refractivity contribution in [3.63, 3.8) is 0 Å². The molecule has 1 aliphatic rings. The normalized spacial score (nSPS) is 18.3. The molecule has 0 spiro atoms. The molecule has 1 fully saturated rings. The van der Waals surface area contributed by atoms with Crippen molar-refractivity contribution in [1.82, 2.24) is 4.90 Å². The minimum atomic E-state index is -0.678. The van der Waals surface area contributed by atoms with Crippen LogP contribution in [0.2, 0.25) is 0 Å². The molecule has 1 heterocycles. The Labute approximate surface area is 170 Å². The van der Waals surface area contributed by atoms with E-state index in [2.05, 4.69) is 0 Å². The number of nitrogens with zero attached hydrogens (tertiary/aromatic N) is 1. The van der Waals surface area contributed by atoms with Gasteiger partial charge in [-0.3, -0.25) is 9.59 Å². The van der Waals surface area contributed by atoms with Crippen LogP contribution in [-0.4, -0.2) is 48.6 Å². The first-order valence-corrected chi connectivity index (χ1v) is 9.64. The molecule has 6 heteroatoms. The van der Waals surface area contributed by atoms with Crippen molar-refractivity contribution in [1.29, 1.82) is 0 Å². The van der Waals surface area contributed by atoms with Gasteiger partial charge in [0.15, 0.2) is 0 Å². The van der Waals surface area contributed by atoms with Gasteiger partial charge in [-0.05, 0) is 31.0 Å². The van der Waals surface area contributed by atoms with Gasteiger partial charge in [0.2, 0.25) is 0 Å². The van der Waals surface area contributed by atoms with Crippen LogP contribution in [0, 0.1) is 0 Å². The lowest BCUT2D eigenvalue weighted by atomic mass is 9.95. The smallest absolute Gasteiger partial charge is 0.295 e. The Morgan fingerprint density at radius 1 is 1.07 bits per heavy atom. The fourth-order valence-electron chi connectivity index (χ4n) is 3.50. The number of amides is 1. The molecular formula is C23H25NO5. The zero-order chi connectivity index (χ0) is 20.8. The number of rotatable bonds is 8. The molecule has 1 aliphatic heterocycles. The summed E-state index contributed by atoms with van der Waals surface area (Å²) in [6.07, 6.45) is 0.586. The Morgan fingerprint density at radius 2 is 1.76 bits per heavy atom. The third-order valence-corrected chi connectivity index (χ3v) is 4.84. The summed E-state index contributed by atoms with van der Waals surface area (Å²) in [6, 6.07) is 15.4. The van der Waals surface area contributed by atoms with E-state index in [1.807, 2.05) is 25.1 Å². The number of aliphatic hydroxyl groups is 1. The second-order valence-electron chi connectivity index (χ2n) is 6.71. The zero-order valence-corrected chi connectivity index (χ0v) is 16.6. The minimum Gasteiger partial charge on any atom is -0.507 e. The zero-order valence-electron chi connectivity index (χ0n) is 16.6. The van der Waals surface area contributed by atoms with E-state index in [-0.39, 0.29) is 11.3 Å². The summed E-state index contributed by atoms with van der Waals surface area (Å²) in [6.45, 7) is 3.26. The van der Waals surface area contributed by atoms with Gasteiger partial charge in [0.05, 0.1) is 18.2 Å². The van der Waals surface area contributed by atoms with Crippen molar-refractivity contribution < 1.29 is 24.2 Å². The fourth-order valence-corrected chi connectivity index (χ4v) is 3.50. The van der Waals surface area contributed by atoms with Crippen LogP contribution in [0.5, 0.6) is 5.75 Å². The Hall–Kier alpha value is -3.12. The number of carbonyl (C=O) groups is 2. The maximum absolute atomic E-state index is 12.9. The van der Waals surface area contributed by atoms with Gasteiger partial charge in [0, 0.05) is 25.8 Å². The molecule has 0 aliphatic carbocycles. The van der Waals surface area contributed by atoms with Gasteiger partial charge in [-0.15, -0.1) is 0 Å².